The predicted octanol–water partition coefficient (Wildman–Crippen LogP) is 2.80. The van der Waals surface area contributed by atoms with Crippen molar-refractivity contribution < 1.29 is 15.0 Å². The molecule has 2 N–H and O–H groups in total. The topological polar surface area (TPSA) is 87.7 Å². The van der Waals surface area contributed by atoms with Gasteiger partial charge in [0.15, 0.2) is 0 Å². The molecule has 0 aliphatic heterocycles. The minimum atomic E-state index is -1.39. The van der Waals surface area contributed by atoms with Crippen LogP contribution in [0.1, 0.15) is 16.8 Å². The smallest absolute Gasteiger partial charge is 0.371 e. The van der Waals surface area contributed by atoms with Gasteiger partial charge < -0.3 is 10.2 Å². The molecule has 0 amide bonds. The second-order valence-corrected chi connectivity index (χ2v) is 4.59. The Morgan fingerprint density at radius 2 is 1.95 bits per heavy atom. The lowest BCUT2D eigenvalue weighted by atomic mass is 10.1. The fourth-order valence-corrected chi connectivity index (χ4v) is 1.83. The molecule has 0 aromatic carbocycles. The summed E-state index contributed by atoms with van der Waals surface area (Å²) in [6, 6.07) is 5.26. The van der Waals surface area contributed by atoms with E-state index in [1.165, 1.54) is 6.20 Å². The highest BCUT2D eigenvalue weighted by Crippen LogP contribution is 2.14. The van der Waals surface area contributed by atoms with Crippen molar-refractivity contribution in [1.29, 1.82) is 0 Å². The highest BCUT2D eigenvalue weighted by molar-refractivity contribution is 5.88. The van der Waals surface area contributed by atoms with Crippen LogP contribution in [-0.2, 0) is 17.6 Å². The van der Waals surface area contributed by atoms with Gasteiger partial charge in [0.1, 0.15) is 0 Å². The number of aliphatic carboxylic acids is 1. The number of rotatable bonds is 5. The number of hydrogen-bond donors (Lipinski definition) is 2. The van der Waals surface area contributed by atoms with Gasteiger partial charge in [-0.05, 0) is 30.0 Å². The van der Waals surface area contributed by atoms with Crippen LogP contribution in [0.25, 0.3) is 10.9 Å². The first-order valence-electron chi connectivity index (χ1n) is 6.49. The molecule has 0 atom stereocenters. The second-order valence-electron chi connectivity index (χ2n) is 4.59. The molecule has 0 saturated heterocycles. The van der Waals surface area contributed by atoms with E-state index in [1.807, 2.05) is 6.07 Å². The molecule has 6 nitrogen and oxygen atoms in total. The van der Waals surface area contributed by atoms with Gasteiger partial charge in [-0.25, -0.2) is 9.64 Å². The summed E-state index contributed by atoms with van der Waals surface area (Å²) < 4.78 is 0. The normalized spacial score (nSPS) is 11.0. The highest BCUT2D eigenvalue weighted by Gasteiger charge is 2.04. The molecule has 6 heteroatoms. The molecule has 0 fully saturated rings. The Kier molecular flexibility index (Phi) is 4.83. The Bertz CT molecular complexity index is 746. The van der Waals surface area contributed by atoms with E-state index in [2.05, 4.69) is 14.8 Å². The van der Waals surface area contributed by atoms with Crippen molar-refractivity contribution in [3.05, 3.63) is 70.8 Å². The van der Waals surface area contributed by atoms with Gasteiger partial charge in [0, 0.05) is 24.7 Å². The number of nitrogens with zero attached hydrogens (tertiary/aromatic N) is 3. The van der Waals surface area contributed by atoms with Crippen LogP contribution < -0.4 is 0 Å². The third-order valence-corrected chi connectivity index (χ3v) is 2.96. The Morgan fingerprint density at radius 1 is 1.18 bits per heavy atom. The number of hydrogen-bond acceptors (Lipinski definition) is 4. The average molecular weight is 295 g/mol. The first-order chi connectivity index (χ1) is 10.6. The van der Waals surface area contributed by atoms with Crippen LogP contribution >= 0.6 is 0 Å². The van der Waals surface area contributed by atoms with Crippen molar-refractivity contribution in [3.63, 3.8) is 0 Å². The minimum absolute atomic E-state index is 0.375. The zero-order valence-electron chi connectivity index (χ0n) is 11.6. The maximum absolute atomic E-state index is 10.5. The molecule has 0 aliphatic rings. The van der Waals surface area contributed by atoms with E-state index in [9.17, 15) is 4.79 Å². The van der Waals surface area contributed by atoms with E-state index >= 15 is 0 Å². The average Bonchev–Trinajstić information content (AvgIpc) is 2.54. The third kappa shape index (κ3) is 4.15. The van der Waals surface area contributed by atoms with E-state index in [0.717, 1.165) is 30.0 Å². The molecule has 2 rings (SSSR count). The lowest BCUT2D eigenvalue weighted by Crippen LogP contribution is -1.99. The highest BCUT2D eigenvalue weighted by atomic mass is 16.4. The van der Waals surface area contributed by atoms with Gasteiger partial charge in [-0.1, -0.05) is 12.1 Å². The summed E-state index contributed by atoms with van der Waals surface area (Å²) in [4.78, 5) is 21.9. The molecule has 2 aromatic heterocycles. The number of pyridine rings is 2. The number of aromatic nitrogens is 2. The number of aliphatic hydroxyl groups excluding tert-OH is 1. The van der Waals surface area contributed by atoms with E-state index in [1.54, 1.807) is 24.5 Å². The maximum Gasteiger partial charge on any atom is 0.371 e. The zero-order valence-corrected chi connectivity index (χ0v) is 11.6. The number of aliphatic hydroxyl groups is 1. The van der Waals surface area contributed by atoms with Crippen LogP contribution in [0.3, 0.4) is 0 Å². The third-order valence-electron chi connectivity index (χ3n) is 2.96. The first-order valence-corrected chi connectivity index (χ1v) is 6.49. The SMILES string of the molecule is [C-]#[N+]c1cncc(CCc2ccc(/C=C(\O)C(=O)O)nc2)c1. The summed E-state index contributed by atoms with van der Waals surface area (Å²) in [6.07, 6.45) is 7.43. The molecule has 110 valence electrons. The molecule has 0 radical (unpaired) electrons. The van der Waals surface area contributed by atoms with E-state index in [-0.39, 0.29) is 0 Å². The summed E-state index contributed by atoms with van der Waals surface area (Å²) in [6.45, 7) is 6.95. The van der Waals surface area contributed by atoms with Crippen molar-refractivity contribution >= 4 is 17.7 Å². The fraction of sp³-hybridized carbons (Fsp3) is 0.125. The van der Waals surface area contributed by atoms with E-state index in [0.29, 0.717) is 11.4 Å². The molecule has 2 heterocycles. The van der Waals surface area contributed by atoms with Crippen molar-refractivity contribution in [2.24, 2.45) is 0 Å². The molecule has 0 saturated carbocycles. The molecule has 2 aromatic rings. The van der Waals surface area contributed by atoms with Crippen LogP contribution in [-0.4, -0.2) is 26.2 Å². The van der Waals surface area contributed by atoms with Crippen molar-refractivity contribution in [3.8, 4) is 0 Å². The van der Waals surface area contributed by atoms with Gasteiger partial charge in [0.05, 0.1) is 12.3 Å². The Balaban J connectivity index is 2.01. The lowest BCUT2D eigenvalue weighted by molar-refractivity contribution is -0.135. The molecule has 22 heavy (non-hydrogen) atoms. The summed E-state index contributed by atoms with van der Waals surface area (Å²) in [5.74, 6) is -2.14. The molecule has 0 bridgehead atoms. The first kappa shape index (κ1) is 15.2. The minimum Gasteiger partial charge on any atom is -0.502 e. The Morgan fingerprint density at radius 3 is 2.59 bits per heavy atom. The van der Waals surface area contributed by atoms with E-state index < -0.39 is 11.7 Å². The molecule has 0 spiro atoms. The standard InChI is InChI=1S/C16H13N3O3/c1-17-14-6-12(8-18-10-14)3-2-11-4-5-13(19-9-11)7-15(20)16(21)22/h4-10,20H,2-3H2,(H,21,22)/b15-7-. The molecular formula is C16H13N3O3. The van der Waals surface area contributed by atoms with Crippen LogP contribution in [0.15, 0.2) is 42.5 Å². The van der Waals surface area contributed by atoms with Gasteiger partial charge in [0.2, 0.25) is 11.4 Å². The number of carboxylic acids is 1. The maximum atomic E-state index is 10.5. The Hall–Kier alpha value is -3.20. The monoisotopic (exact) mass is 295 g/mol. The summed E-state index contributed by atoms with van der Waals surface area (Å²) in [5, 5.41) is 17.7. The molecule has 0 aliphatic carbocycles. The van der Waals surface area contributed by atoms with Crippen molar-refractivity contribution in [2.45, 2.75) is 12.8 Å². The van der Waals surface area contributed by atoms with Crippen LogP contribution in [0.5, 0.6) is 0 Å². The van der Waals surface area contributed by atoms with Crippen molar-refractivity contribution in [1.82, 2.24) is 9.97 Å². The lowest BCUT2D eigenvalue weighted by Gasteiger charge is -2.03. The zero-order chi connectivity index (χ0) is 15.9. The van der Waals surface area contributed by atoms with Crippen LogP contribution in [0.2, 0.25) is 0 Å². The van der Waals surface area contributed by atoms with Crippen LogP contribution in [0, 0.1) is 6.57 Å². The van der Waals surface area contributed by atoms with Gasteiger partial charge in [0.25, 0.3) is 0 Å². The number of carbonyl (C=O) groups is 1. The number of carboxylic acid groups (broad SMARTS) is 1. The van der Waals surface area contributed by atoms with Gasteiger partial charge in [-0.3, -0.25) is 9.97 Å². The molecule has 0 unspecified atom stereocenters. The largest absolute Gasteiger partial charge is 0.502 e. The Labute approximate surface area is 127 Å². The summed E-state index contributed by atoms with van der Waals surface area (Å²) in [7, 11) is 0. The summed E-state index contributed by atoms with van der Waals surface area (Å²) in [5.41, 5.74) is 2.83. The quantitative estimate of drug-likeness (QED) is 0.503. The van der Waals surface area contributed by atoms with Crippen LogP contribution in [0.4, 0.5) is 5.69 Å². The van der Waals surface area contributed by atoms with E-state index in [4.69, 9.17) is 16.8 Å². The van der Waals surface area contributed by atoms with Crippen molar-refractivity contribution in [2.75, 3.05) is 0 Å². The van der Waals surface area contributed by atoms with Gasteiger partial charge in [-0.15, -0.1) is 0 Å². The fourth-order valence-electron chi connectivity index (χ4n) is 1.83. The molecular weight excluding hydrogens is 282 g/mol. The predicted molar refractivity (Wildman–Crippen MR) is 80.4 cm³/mol. The summed E-state index contributed by atoms with van der Waals surface area (Å²) >= 11 is 0. The van der Waals surface area contributed by atoms with Gasteiger partial charge in [-0.2, -0.15) is 0 Å². The second kappa shape index (κ2) is 6.99. The van der Waals surface area contributed by atoms with Gasteiger partial charge >= 0.3 is 5.97 Å². The number of aryl methyl sites for hydroxylation is 2.